The minimum atomic E-state index is -0.121. The van der Waals surface area contributed by atoms with Crippen molar-refractivity contribution in [3.8, 4) is 16.9 Å². The van der Waals surface area contributed by atoms with Gasteiger partial charge in [0.15, 0.2) is 0 Å². The van der Waals surface area contributed by atoms with Gasteiger partial charge in [0.05, 0.1) is 5.52 Å². The van der Waals surface area contributed by atoms with Crippen LogP contribution < -0.4 is 11.3 Å². The van der Waals surface area contributed by atoms with Crippen molar-refractivity contribution in [2.24, 2.45) is 5.73 Å². The molecule has 1 heterocycles. The first kappa shape index (κ1) is 19.9. The normalized spacial score (nSPS) is 12.1. The molecule has 0 spiro atoms. The van der Waals surface area contributed by atoms with Crippen molar-refractivity contribution >= 4 is 34.1 Å². The minimum Gasteiger partial charge on any atom is -0.507 e. The number of nitrogens with two attached hydrogens (primary N) is 1. The second-order valence-corrected chi connectivity index (χ2v) is 7.25. The Balaban J connectivity index is 0.00000225. The fourth-order valence-electron chi connectivity index (χ4n) is 3.72. The van der Waals surface area contributed by atoms with Crippen molar-refractivity contribution in [2.45, 2.75) is 26.8 Å². The molecule has 0 radical (unpaired) electrons. The molecule has 0 saturated carbocycles. The van der Waals surface area contributed by atoms with E-state index in [4.69, 9.17) is 5.73 Å². The Hall–Kier alpha value is -2.82. The number of aromatic amines is 1. The number of aryl methyl sites for hydroxylation is 2. The summed E-state index contributed by atoms with van der Waals surface area (Å²) < 4.78 is 0. The van der Waals surface area contributed by atoms with Gasteiger partial charge in [-0.25, -0.2) is 0 Å². The Kier molecular flexibility index (Phi) is 5.20. The first-order valence-electron chi connectivity index (χ1n) is 9.01. The third-order valence-corrected chi connectivity index (χ3v) is 5.16. The van der Waals surface area contributed by atoms with Gasteiger partial charge >= 0.3 is 0 Å². The highest BCUT2D eigenvalue weighted by molar-refractivity contribution is 6.15. The average Bonchev–Trinajstić information content (AvgIpc) is 2.63. The van der Waals surface area contributed by atoms with Gasteiger partial charge in [-0.15, -0.1) is 12.4 Å². The molecule has 4 rings (SSSR count). The molecule has 3 aromatic carbocycles. The zero-order chi connectivity index (χ0) is 19.3. The van der Waals surface area contributed by atoms with Crippen LogP contribution >= 0.6 is 12.4 Å². The fraction of sp³-hybridized carbons (Fsp3) is 0.174. The minimum absolute atomic E-state index is 0. The molecule has 0 unspecified atom stereocenters. The first-order chi connectivity index (χ1) is 12.9. The second-order valence-electron chi connectivity index (χ2n) is 7.25. The lowest BCUT2D eigenvalue weighted by atomic mass is 9.92. The first-order valence-corrected chi connectivity index (χ1v) is 9.01. The Morgan fingerprint density at radius 1 is 1.00 bits per heavy atom. The van der Waals surface area contributed by atoms with E-state index in [2.05, 4.69) is 4.98 Å². The predicted molar refractivity (Wildman–Crippen MR) is 118 cm³/mol. The number of H-pyrrole nitrogens is 1. The van der Waals surface area contributed by atoms with Crippen molar-refractivity contribution < 1.29 is 5.11 Å². The SMILES string of the molecule is Cc1ccc2c(=O)[nH]c3c(C)cc(O)c(-c4ccc([C@@H](C)N)cc4)c3c2c1.Cl. The van der Waals surface area contributed by atoms with Crippen molar-refractivity contribution in [1.29, 1.82) is 0 Å². The van der Waals surface area contributed by atoms with E-state index in [1.54, 1.807) is 6.07 Å². The summed E-state index contributed by atoms with van der Waals surface area (Å²) in [5, 5.41) is 13.1. The molecule has 1 aromatic heterocycles. The molecule has 4 nitrogen and oxygen atoms in total. The second kappa shape index (κ2) is 7.30. The monoisotopic (exact) mass is 394 g/mol. The number of phenolic OH excluding ortho intramolecular Hbond substituents is 1. The average molecular weight is 395 g/mol. The predicted octanol–water partition coefficient (Wildman–Crippen LogP) is 5.11. The van der Waals surface area contributed by atoms with Crippen molar-refractivity contribution in [3.05, 3.63) is 75.6 Å². The molecule has 28 heavy (non-hydrogen) atoms. The lowest BCUT2D eigenvalue weighted by Gasteiger charge is -2.15. The quantitative estimate of drug-likeness (QED) is 0.413. The number of aromatic hydroxyl groups is 1. The largest absolute Gasteiger partial charge is 0.507 e. The zero-order valence-corrected chi connectivity index (χ0v) is 16.9. The van der Waals surface area contributed by atoms with Crippen molar-refractivity contribution in [1.82, 2.24) is 4.98 Å². The van der Waals surface area contributed by atoms with E-state index < -0.39 is 0 Å². The van der Waals surface area contributed by atoms with E-state index in [9.17, 15) is 9.90 Å². The fourth-order valence-corrected chi connectivity index (χ4v) is 3.72. The maximum atomic E-state index is 12.6. The number of fused-ring (bicyclic) bond motifs is 3. The lowest BCUT2D eigenvalue weighted by molar-refractivity contribution is 0.477. The van der Waals surface area contributed by atoms with Crippen molar-refractivity contribution in [3.63, 3.8) is 0 Å². The van der Waals surface area contributed by atoms with E-state index >= 15 is 0 Å². The van der Waals surface area contributed by atoms with Gasteiger partial charge in [0.25, 0.3) is 5.56 Å². The summed E-state index contributed by atoms with van der Waals surface area (Å²) >= 11 is 0. The Labute approximate surface area is 169 Å². The summed E-state index contributed by atoms with van der Waals surface area (Å²) in [5.74, 6) is 0.198. The van der Waals surface area contributed by atoms with Crippen LogP contribution in [0.5, 0.6) is 5.75 Å². The summed E-state index contributed by atoms with van der Waals surface area (Å²) in [6.07, 6.45) is 0. The molecule has 5 heteroatoms. The summed E-state index contributed by atoms with van der Waals surface area (Å²) in [6, 6.07) is 15.3. The van der Waals surface area contributed by atoms with Crippen LogP contribution in [0.1, 0.15) is 29.7 Å². The molecule has 1 atom stereocenters. The number of pyridine rings is 1. The highest BCUT2D eigenvalue weighted by Crippen LogP contribution is 2.40. The van der Waals surface area contributed by atoms with Crippen LogP contribution in [0.15, 0.2) is 53.3 Å². The maximum Gasteiger partial charge on any atom is 0.256 e. The maximum absolute atomic E-state index is 12.6. The molecule has 0 aliphatic carbocycles. The summed E-state index contributed by atoms with van der Waals surface area (Å²) in [6.45, 7) is 5.83. The summed E-state index contributed by atoms with van der Waals surface area (Å²) in [5.41, 5.74) is 11.1. The molecule has 0 aliphatic heterocycles. The van der Waals surface area contributed by atoms with Gasteiger partial charge in [-0.2, -0.15) is 0 Å². The van der Waals surface area contributed by atoms with E-state index in [0.29, 0.717) is 5.39 Å². The van der Waals surface area contributed by atoms with Crippen LogP contribution in [0.4, 0.5) is 0 Å². The van der Waals surface area contributed by atoms with Gasteiger partial charge in [0, 0.05) is 22.4 Å². The summed E-state index contributed by atoms with van der Waals surface area (Å²) in [7, 11) is 0. The van der Waals surface area contributed by atoms with E-state index in [0.717, 1.165) is 44.1 Å². The van der Waals surface area contributed by atoms with Gasteiger partial charge in [-0.3, -0.25) is 4.79 Å². The van der Waals surface area contributed by atoms with Gasteiger partial charge < -0.3 is 15.8 Å². The Morgan fingerprint density at radius 2 is 1.68 bits per heavy atom. The summed E-state index contributed by atoms with van der Waals surface area (Å²) in [4.78, 5) is 15.6. The van der Waals surface area contributed by atoms with Crippen LogP contribution in [-0.2, 0) is 0 Å². The standard InChI is InChI=1S/C23H22N2O2.ClH/c1-12-4-9-17-18(10-12)21-20(16-7-5-15(6-8-16)14(3)24)19(26)11-13(2)22(21)25-23(17)27;/h4-11,14,26H,24H2,1-3H3,(H,25,27);1H/t14-;/m1./s1. The molecular weight excluding hydrogens is 372 g/mol. The molecule has 4 aromatic rings. The van der Waals surface area contributed by atoms with Crippen LogP contribution in [-0.4, -0.2) is 10.1 Å². The number of rotatable bonds is 2. The molecule has 0 fully saturated rings. The molecule has 0 aliphatic rings. The molecule has 144 valence electrons. The number of halogens is 1. The smallest absolute Gasteiger partial charge is 0.256 e. The Bertz CT molecular complexity index is 1240. The van der Waals surface area contributed by atoms with E-state index in [1.165, 1.54) is 0 Å². The molecular formula is C23H23ClN2O2. The molecule has 4 N–H and O–H groups in total. The van der Waals surface area contributed by atoms with Gasteiger partial charge in [-0.1, -0.05) is 42.0 Å². The van der Waals surface area contributed by atoms with Gasteiger partial charge in [0.1, 0.15) is 5.75 Å². The van der Waals surface area contributed by atoms with Gasteiger partial charge in [-0.05, 0) is 55.0 Å². The highest BCUT2D eigenvalue weighted by Gasteiger charge is 2.17. The highest BCUT2D eigenvalue weighted by atomic mass is 35.5. The van der Waals surface area contributed by atoms with Crippen LogP contribution in [0.2, 0.25) is 0 Å². The number of hydrogen-bond acceptors (Lipinski definition) is 3. The number of benzene rings is 3. The third-order valence-electron chi connectivity index (χ3n) is 5.16. The molecule has 0 amide bonds. The van der Waals surface area contributed by atoms with Crippen LogP contribution in [0.25, 0.3) is 32.8 Å². The van der Waals surface area contributed by atoms with E-state index in [-0.39, 0.29) is 29.8 Å². The lowest BCUT2D eigenvalue weighted by Crippen LogP contribution is -2.08. The molecule has 0 saturated heterocycles. The van der Waals surface area contributed by atoms with Crippen LogP contribution in [0, 0.1) is 13.8 Å². The molecule has 0 bridgehead atoms. The van der Waals surface area contributed by atoms with Gasteiger partial charge in [0.2, 0.25) is 0 Å². The number of aromatic nitrogens is 1. The zero-order valence-electron chi connectivity index (χ0n) is 16.0. The third kappa shape index (κ3) is 3.15. The number of phenols is 1. The topological polar surface area (TPSA) is 79.1 Å². The van der Waals surface area contributed by atoms with Crippen LogP contribution in [0.3, 0.4) is 0 Å². The van der Waals surface area contributed by atoms with E-state index in [1.807, 2.05) is 63.2 Å². The number of hydrogen-bond donors (Lipinski definition) is 3. The number of nitrogens with one attached hydrogen (secondary N) is 1. The Morgan fingerprint density at radius 3 is 2.32 bits per heavy atom. The van der Waals surface area contributed by atoms with Crippen molar-refractivity contribution in [2.75, 3.05) is 0 Å².